The molecule has 0 aromatic heterocycles. The lowest BCUT2D eigenvalue weighted by molar-refractivity contribution is 0.104. The molecular weight excluding hydrogens is 272 g/mol. The minimum atomic E-state index is 0.527. The fourth-order valence-electron chi connectivity index (χ4n) is 3.99. The lowest BCUT2D eigenvalue weighted by Crippen LogP contribution is -2.48. The summed E-state index contributed by atoms with van der Waals surface area (Å²) in [5.41, 5.74) is 0.527. The fourth-order valence-corrected chi connectivity index (χ4v) is 3.99. The lowest BCUT2D eigenvalue weighted by Gasteiger charge is -2.43. The predicted octanol–water partition coefficient (Wildman–Crippen LogP) is 2.71. The summed E-state index contributed by atoms with van der Waals surface area (Å²) in [6, 6.07) is 0. The molecule has 2 aliphatic rings. The standard InChI is InChI=1S/C18H36N4/c1-15(2)12-18(8-5-9-18)14-21-17(19-3)20-13-16-6-10-22(4)11-7-16/h15-16H,5-14H2,1-4H3,(H2,19,20,21). The van der Waals surface area contributed by atoms with Crippen molar-refractivity contribution in [1.29, 1.82) is 0 Å². The molecule has 22 heavy (non-hydrogen) atoms. The first-order valence-electron chi connectivity index (χ1n) is 9.16. The normalized spacial score (nSPS) is 23.4. The van der Waals surface area contributed by atoms with Gasteiger partial charge in [0.05, 0.1) is 0 Å². The van der Waals surface area contributed by atoms with Gasteiger partial charge >= 0.3 is 0 Å². The average Bonchev–Trinajstić information content (AvgIpc) is 2.45. The maximum Gasteiger partial charge on any atom is 0.191 e. The molecule has 0 bridgehead atoms. The van der Waals surface area contributed by atoms with Crippen LogP contribution < -0.4 is 10.6 Å². The molecule has 0 aromatic rings. The number of likely N-dealkylation sites (tertiary alicyclic amines) is 1. The minimum Gasteiger partial charge on any atom is -0.356 e. The molecular formula is C18H36N4. The quantitative estimate of drug-likeness (QED) is 0.585. The second kappa shape index (κ2) is 8.19. The Balaban J connectivity index is 1.71. The molecule has 4 heteroatoms. The number of guanidine groups is 1. The van der Waals surface area contributed by atoms with Crippen LogP contribution in [0.15, 0.2) is 4.99 Å². The second-order valence-electron chi connectivity index (χ2n) is 8.00. The van der Waals surface area contributed by atoms with Crippen molar-refractivity contribution in [1.82, 2.24) is 15.5 Å². The highest BCUT2D eigenvalue weighted by atomic mass is 15.2. The Labute approximate surface area is 137 Å². The van der Waals surface area contributed by atoms with Crippen LogP contribution in [0.5, 0.6) is 0 Å². The van der Waals surface area contributed by atoms with E-state index in [0.29, 0.717) is 5.41 Å². The predicted molar refractivity (Wildman–Crippen MR) is 95.3 cm³/mol. The molecule has 1 saturated carbocycles. The van der Waals surface area contributed by atoms with Crippen molar-refractivity contribution >= 4 is 5.96 Å². The van der Waals surface area contributed by atoms with Gasteiger partial charge in [-0.05, 0) is 69.5 Å². The summed E-state index contributed by atoms with van der Waals surface area (Å²) in [5, 5.41) is 7.14. The summed E-state index contributed by atoms with van der Waals surface area (Å²) in [7, 11) is 4.11. The Kier molecular flexibility index (Phi) is 6.54. The molecule has 0 unspecified atom stereocenters. The van der Waals surface area contributed by atoms with Crippen molar-refractivity contribution in [2.45, 2.75) is 52.4 Å². The van der Waals surface area contributed by atoms with E-state index in [1.54, 1.807) is 0 Å². The van der Waals surface area contributed by atoms with E-state index in [0.717, 1.165) is 30.9 Å². The zero-order valence-electron chi connectivity index (χ0n) is 15.1. The number of rotatable bonds is 6. The van der Waals surface area contributed by atoms with E-state index in [1.165, 1.54) is 51.6 Å². The van der Waals surface area contributed by atoms with Gasteiger partial charge in [-0.2, -0.15) is 0 Å². The fraction of sp³-hybridized carbons (Fsp3) is 0.944. The first-order chi connectivity index (χ1) is 10.5. The smallest absolute Gasteiger partial charge is 0.191 e. The Bertz CT molecular complexity index is 352. The van der Waals surface area contributed by atoms with Gasteiger partial charge in [0.15, 0.2) is 5.96 Å². The number of hydrogen-bond acceptors (Lipinski definition) is 2. The zero-order valence-corrected chi connectivity index (χ0v) is 15.1. The first kappa shape index (κ1) is 17.6. The molecule has 2 N–H and O–H groups in total. The van der Waals surface area contributed by atoms with Gasteiger partial charge in [-0.3, -0.25) is 4.99 Å². The monoisotopic (exact) mass is 308 g/mol. The maximum absolute atomic E-state index is 4.41. The topological polar surface area (TPSA) is 39.7 Å². The van der Waals surface area contributed by atoms with Crippen LogP contribution in [0.3, 0.4) is 0 Å². The number of nitrogens with zero attached hydrogens (tertiary/aromatic N) is 2. The molecule has 2 fully saturated rings. The average molecular weight is 309 g/mol. The van der Waals surface area contributed by atoms with Crippen LogP contribution in [-0.4, -0.2) is 51.1 Å². The van der Waals surface area contributed by atoms with E-state index in [4.69, 9.17) is 0 Å². The summed E-state index contributed by atoms with van der Waals surface area (Å²) >= 11 is 0. The van der Waals surface area contributed by atoms with Gasteiger partial charge in [0.25, 0.3) is 0 Å². The molecule has 2 rings (SSSR count). The van der Waals surface area contributed by atoms with Crippen LogP contribution in [0, 0.1) is 17.3 Å². The molecule has 0 aromatic carbocycles. The van der Waals surface area contributed by atoms with E-state index >= 15 is 0 Å². The Morgan fingerprint density at radius 2 is 1.91 bits per heavy atom. The SMILES string of the molecule is CN=C(NCC1CCN(C)CC1)NCC1(CC(C)C)CCC1. The summed E-state index contributed by atoms with van der Waals surface area (Å²) < 4.78 is 0. The molecule has 0 amide bonds. The van der Waals surface area contributed by atoms with Crippen LogP contribution in [0.25, 0.3) is 0 Å². The van der Waals surface area contributed by atoms with Crippen molar-refractivity contribution < 1.29 is 0 Å². The third-order valence-electron chi connectivity index (χ3n) is 5.51. The molecule has 1 aliphatic heterocycles. The van der Waals surface area contributed by atoms with Crippen LogP contribution >= 0.6 is 0 Å². The molecule has 4 nitrogen and oxygen atoms in total. The molecule has 1 aliphatic carbocycles. The van der Waals surface area contributed by atoms with E-state index in [-0.39, 0.29) is 0 Å². The third kappa shape index (κ3) is 5.15. The molecule has 1 heterocycles. The van der Waals surface area contributed by atoms with Crippen molar-refractivity contribution in [3.63, 3.8) is 0 Å². The van der Waals surface area contributed by atoms with Gasteiger partial charge in [-0.15, -0.1) is 0 Å². The minimum absolute atomic E-state index is 0.527. The lowest BCUT2D eigenvalue weighted by atomic mass is 9.64. The van der Waals surface area contributed by atoms with E-state index < -0.39 is 0 Å². The van der Waals surface area contributed by atoms with Gasteiger partial charge in [-0.1, -0.05) is 20.3 Å². The Hall–Kier alpha value is -0.770. The van der Waals surface area contributed by atoms with Crippen LogP contribution in [-0.2, 0) is 0 Å². The number of piperidine rings is 1. The van der Waals surface area contributed by atoms with E-state index in [1.807, 2.05) is 7.05 Å². The Morgan fingerprint density at radius 3 is 2.41 bits per heavy atom. The highest BCUT2D eigenvalue weighted by molar-refractivity contribution is 5.79. The van der Waals surface area contributed by atoms with Crippen LogP contribution in [0.1, 0.15) is 52.4 Å². The second-order valence-corrected chi connectivity index (χ2v) is 8.00. The third-order valence-corrected chi connectivity index (χ3v) is 5.51. The largest absolute Gasteiger partial charge is 0.356 e. The summed E-state index contributed by atoms with van der Waals surface area (Å²) in [5.74, 6) is 2.58. The number of aliphatic imine (C=N–C) groups is 1. The van der Waals surface area contributed by atoms with Crippen molar-refractivity contribution in [2.75, 3.05) is 40.3 Å². The van der Waals surface area contributed by atoms with Gasteiger partial charge in [0.1, 0.15) is 0 Å². The molecule has 0 spiro atoms. The number of hydrogen-bond donors (Lipinski definition) is 2. The zero-order chi connectivity index (χ0) is 16.0. The Morgan fingerprint density at radius 1 is 1.23 bits per heavy atom. The summed E-state index contributed by atoms with van der Waals surface area (Å²) in [6.07, 6.45) is 8.10. The molecule has 0 atom stereocenters. The van der Waals surface area contributed by atoms with Crippen LogP contribution in [0.4, 0.5) is 0 Å². The number of nitrogens with one attached hydrogen (secondary N) is 2. The van der Waals surface area contributed by atoms with Gasteiger partial charge in [0, 0.05) is 20.1 Å². The summed E-state index contributed by atoms with van der Waals surface area (Å²) in [4.78, 5) is 6.84. The molecule has 1 saturated heterocycles. The first-order valence-corrected chi connectivity index (χ1v) is 9.16. The summed E-state index contributed by atoms with van der Waals surface area (Å²) in [6.45, 7) is 9.29. The van der Waals surface area contributed by atoms with Gasteiger partial charge in [0.2, 0.25) is 0 Å². The maximum atomic E-state index is 4.41. The molecule has 128 valence electrons. The van der Waals surface area contributed by atoms with E-state index in [2.05, 4.69) is 41.4 Å². The van der Waals surface area contributed by atoms with Crippen LogP contribution in [0.2, 0.25) is 0 Å². The van der Waals surface area contributed by atoms with Gasteiger partial charge in [-0.25, -0.2) is 0 Å². The highest BCUT2D eigenvalue weighted by Gasteiger charge is 2.37. The van der Waals surface area contributed by atoms with Gasteiger partial charge < -0.3 is 15.5 Å². The highest BCUT2D eigenvalue weighted by Crippen LogP contribution is 2.45. The van der Waals surface area contributed by atoms with Crippen molar-refractivity contribution in [2.24, 2.45) is 22.2 Å². The van der Waals surface area contributed by atoms with E-state index in [9.17, 15) is 0 Å². The molecule has 0 radical (unpaired) electrons. The van der Waals surface area contributed by atoms with Crippen molar-refractivity contribution in [3.05, 3.63) is 0 Å². The van der Waals surface area contributed by atoms with Crippen molar-refractivity contribution in [3.8, 4) is 0 Å².